The smallest absolute Gasteiger partial charge is 0.387 e. The maximum absolute atomic E-state index is 12.8. The highest BCUT2D eigenvalue weighted by Crippen LogP contribution is 2.34. The zero-order valence-corrected chi connectivity index (χ0v) is 15.4. The lowest BCUT2D eigenvalue weighted by molar-refractivity contribution is -0.119. The van der Waals surface area contributed by atoms with Crippen LogP contribution in [0.5, 0.6) is 11.5 Å². The van der Waals surface area contributed by atoms with Gasteiger partial charge in [-0.3, -0.25) is 9.59 Å². The summed E-state index contributed by atoms with van der Waals surface area (Å²) in [5, 5.41) is 2.64. The first-order chi connectivity index (χ1) is 13.4. The van der Waals surface area contributed by atoms with E-state index in [2.05, 4.69) is 10.1 Å². The average Bonchev–Trinajstić information content (AvgIpc) is 3.52. The number of methoxy groups -OCH3 is 1. The number of hydrogen-bond acceptors (Lipinski definition) is 4. The van der Waals surface area contributed by atoms with E-state index in [4.69, 9.17) is 4.74 Å². The zero-order valence-electron chi connectivity index (χ0n) is 15.4. The Morgan fingerprint density at radius 1 is 1.14 bits per heavy atom. The minimum atomic E-state index is -3.03. The summed E-state index contributed by atoms with van der Waals surface area (Å²) in [6.45, 7) is -3.03. The largest absolute Gasteiger partial charge is 0.493 e. The van der Waals surface area contributed by atoms with Crippen molar-refractivity contribution in [3.63, 3.8) is 0 Å². The van der Waals surface area contributed by atoms with Crippen LogP contribution in [0.25, 0.3) is 0 Å². The fourth-order valence-corrected chi connectivity index (χ4v) is 2.82. The van der Waals surface area contributed by atoms with Crippen molar-refractivity contribution in [1.29, 1.82) is 0 Å². The van der Waals surface area contributed by atoms with E-state index in [1.165, 1.54) is 30.2 Å². The number of benzene rings is 2. The summed E-state index contributed by atoms with van der Waals surface area (Å²) in [5.41, 5.74) is 1.04. The summed E-state index contributed by atoms with van der Waals surface area (Å²) in [6, 6.07) is 10.9. The van der Waals surface area contributed by atoms with Gasteiger partial charge in [-0.05, 0) is 37.1 Å². The number of carbonyl (C=O) groups excluding carboxylic acids is 2. The minimum Gasteiger partial charge on any atom is -0.493 e. The first-order valence-corrected chi connectivity index (χ1v) is 8.71. The fraction of sp³-hybridized carbons (Fsp3) is 0.300. The number of halogens is 2. The molecule has 0 bridgehead atoms. The van der Waals surface area contributed by atoms with E-state index in [1.807, 2.05) is 0 Å². The predicted octanol–water partition coefficient (Wildman–Crippen LogP) is 3.92. The number of nitrogens with zero attached hydrogens (tertiary/aromatic N) is 1. The lowest BCUT2D eigenvalue weighted by atomic mass is 10.1. The van der Waals surface area contributed by atoms with E-state index in [-0.39, 0.29) is 29.0 Å². The van der Waals surface area contributed by atoms with Crippen molar-refractivity contribution in [2.24, 2.45) is 5.92 Å². The molecule has 6 nitrogen and oxygen atoms in total. The second-order valence-corrected chi connectivity index (χ2v) is 6.39. The Bertz CT molecular complexity index is 884. The number of rotatable bonds is 7. The number of alkyl halides is 2. The van der Waals surface area contributed by atoms with Gasteiger partial charge in [-0.25, -0.2) is 0 Å². The summed E-state index contributed by atoms with van der Waals surface area (Å²) in [4.78, 5) is 26.6. The summed E-state index contributed by atoms with van der Waals surface area (Å²) in [7, 11) is 2.96. The Hall–Kier alpha value is -3.16. The van der Waals surface area contributed by atoms with Crippen LogP contribution in [-0.2, 0) is 4.79 Å². The molecule has 2 aromatic carbocycles. The van der Waals surface area contributed by atoms with Crippen molar-refractivity contribution in [3.05, 3.63) is 48.0 Å². The van der Waals surface area contributed by atoms with Crippen LogP contribution in [-0.4, -0.2) is 32.6 Å². The number of ether oxygens (including phenoxy) is 2. The maximum atomic E-state index is 12.8. The molecule has 0 aromatic heterocycles. The van der Waals surface area contributed by atoms with Crippen LogP contribution < -0.4 is 19.7 Å². The molecule has 1 N–H and O–H groups in total. The topological polar surface area (TPSA) is 67.9 Å². The summed E-state index contributed by atoms with van der Waals surface area (Å²) in [5.74, 6) is -0.564. The molecule has 2 aromatic rings. The van der Waals surface area contributed by atoms with Gasteiger partial charge in [-0.15, -0.1) is 0 Å². The number of para-hydroxylation sites is 1. The van der Waals surface area contributed by atoms with E-state index in [9.17, 15) is 18.4 Å². The van der Waals surface area contributed by atoms with Crippen molar-refractivity contribution in [2.75, 3.05) is 24.4 Å². The third kappa shape index (κ3) is 4.39. The van der Waals surface area contributed by atoms with Gasteiger partial charge in [-0.1, -0.05) is 12.1 Å². The quantitative estimate of drug-likeness (QED) is 0.778. The molecule has 1 saturated carbocycles. The Labute approximate surface area is 161 Å². The van der Waals surface area contributed by atoms with Gasteiger partial charge in [0.2, 0.25) is 5.91 Å². The molecule has 28 heavy (non-hydrogen) atoms. The highest BCUT2D eigenvalue weighted by atomic mass is 19.3. The zero-order chi connectivity index (χ0) is 20.3. The number of hydrogen-bond donors (Lipinski definition) is 1. The monoisotopic (exact) mass is 390 g/mol. The molecule has 0 saturated heterocycles. The van der Waals surface area contributed by atoms with Crippen LogP contribution in [0.1, 0.15) is 23.2 Å². The second-order valence-electron chi connectivity index (χ2n) is 6.39. The fourth-order valence-electron chi connectivity index (χ4n) is 2.82. The predicted molar refractivity (Wildman–Crippen MR) is 100 cm³/mol. The van der Waals surface area contributed by atoms with Gasteiger partial charge in [0.25, 0.3) is 5.91 Å². The van der Waals surface area contributed by atoms with Crippen molar-refractivity contribution >= 4 is 23.2 Å². The average molecular weight is 390 g/mol. The number of anilines is 2. The maximum Gasteiger partial charge on any atom is 0.387 e. The van der Waals surface area contributed by atoms with E-state index >= 15 is 0 Å². The molecule has 0 aliphatic heterocycles. The first-order valence-electron chi connectivity index (χ1n) is 8.71. The number of amides is 2. The molecular formula is C20H20F2N2O4. The van der Waals surface area contributed by atoms with Crippen LogP contribution >= 0.6 is 0 Å². The van der Waals surface area contributed by atoms with Gasteiger partial charge in [0, 0.05) is 24.7 Å². The number of nitrogens with one attached hydrogen (secondary N) is 1. The lowest BCUT2D eigenvalue weighted by Gasteiger charge is -2.20. The van der Waals surface area contributed by atoms with Gasteiger partial charge >= 0.3 is 6.61 Å². The molecule has 1 aliphatic carbocycles. The van der Waals surface area contributed by atoms with Crippen LogP contribution in [0.3, 0.4) is 0 Å². The van der Waals surface area contributed by atoms with Crippen molar-refractivity contribution in [1.82, 2.24) is 0 Å². The third-order valence-corrected chi connectivity index (χ3v) is 4.40. The SMILES string of the molecule is COc1ccc(NC(=O)c2ccccc2N(C)C(=O)C2CC2)cc1OC(F)F. The first kappa shape index (κ1) is 19.6. The van der Waals surface area contributed by atoms with Crippen molar-refractivity contribution in [2.45, 2.75) is 19.5 Å². The van der Waals surface area contributed by atoms with Crippen LogP contribution in [0.4, 0.5) is 20.2 Å². The van der Waals surface area contributed by atoms with Gasteiger partial charge < -0.3 is 19.7 Å². The van der Waals surface area contributed by atoms with Crippen molar-refractivity contribution < 1.29 is 27.8 Å². The minimum absolute atomic E-state index is 0.0109. The molecule has 2 amide bonds. The molecule has 0 unspecified atom stereocenters. The van der Waals surface area contributed by atoms with Crippen molar-refractivity contribution in [3.8, 4) is 11.5 Å². The third-order valence-electron chi connectivity index (χ3n) is 4.40. The standard InChI is InChI=1S/C20H20F2N2O4/c1-24(19(26)12-7-8-12)15-6-4-3-5-14(15)18(25)23-13-9-10-16(27-2)17(11-13)28-20(21)22/h3-6,9-12,20H,7-8H2,1-2H3,(H,23,25). The molecule has 148 valence electrons. The molecule has 0 radical (unpaired) electrons. The Morgan fingerprint density at radius 2 is 1.86 bits per heavy atom. The molecule has 8 heteroatoms. The highest BCUT2D eigenvalue weighted by Gasteiger charge is 2.33. The molecule has 0 atom stereocenters. The Kier molecular flexibility index (Phi) is 5.77. The summed E-state index contributed by atoms with van der Waals surface area (Å²) < 4.78 is 34.6. The van der Waals surface area contributed by atoms with Crippen LogP contribution in [0.2, 0.25) is 0 Å². The van der Waals surface area contributed by atoms with E-state index in [1.54, 1.807) is 31.3 Å². The van der Waals surface area contributed by atoms with Gasteiger partial charge in [0.05, 0.1) is 18.4 Å². The normalized spacial score (nSPS) is 13.2. The summed E-state index contributed by atoms with van der Waals surface area (Å²) >= 11 is 0. The van der Waals surface area contributed by atoms with E-state index in [0.717, 1.165) is 12.8 Å². The van der Waals surface area contributed by atoms with Gasteiger partial charge in [0.15, 0.2) is 11.5 Å². The molecule has 3 rings (SSSR count). The van der Waals surface area contributed by atoms with Gasteiger partial charge in [-0.2, -0.15) is 8.78 Å². The highest BCUT2D eigenvalue weighted by molar-refractivity contribution is 6.11. The van der Waals surface area contributed by atoms with Crippen LogP contribution in [0.15, 0.2) is 42.5 Å². The molecule has 1 fully saturated rings. The second kappa shape index (κ2) is 8.24. The Morgan fingerprint density at radius 3 is 2.50 bits per heavy atom. The van der Waals surface area contributed by atoms with Crippen LogP contribution in [0, 0.1) is 5.92 Å². The number of carbonyl (C=O) groups is 2. The van der Waals surface area contributed by atoms with E-state index in [0.29, 0.717) is 11.3 Å². The van der Waals surface area contributed by atoms with E-state index < -0.39 is 12.5 Å². The van der Waals surface area contributed by atoms with Gasteiger partial charge in [0.1, 0.15) is 0 Å². The molecule has 1 aliphatic rings. The molecule has 0 heterocycles. The lowest BCUT2D eigenvalue weighted by Crippen LogP contribution is -2.29. The molecular weight excluding hydrogens is 370 g/mol. The Balaban J connectivity index is 1.83. The summed E-state index contributed by atoms with van der Waals surface area (Å²) in [6.07, 6.45) is 1.71. The molecule has 0 spiro atoms.